The summed E-state index contributed by atoms with van der Waals surface area (Å²) in [5.41, 5.74) is 3.50. The SMILES string of the molecule is c1ccc(-c2nc3c(c(N[C@@H]4CCCNC4)n2)CCNC3)cc1. The van der Waals surface area contributed by atoms with E-state index in [4.69, 9.17) is 9.97 Å². The highest BCUT2D eigenvalue weighted by Crippen LogP contribution is 2.26. The van der Waals surface area contributed by atoms with Crippen LogP contribution in [0.25, 0.3) is 11.4 Å². The van der Waals surface area contributed by atoms with Gasteiger partial charge in [0.25, 0.3) is 0 Å². The Morgan fingerprint density at radius 2 is 1.96 bits per heavy atom. The Morgan fingerprint density at radius 3 is 2.78 bits per heavy atom. The Bertz CT molecular complexity index is 665. The highest BCUT2D eigenvalue weighted by molar-refractivity contribution is 5.60. The minimum Gasteiger partial charge on any atom is -0.366 e. The number of nitrogens with zero attached hydrogens (tertiary/aromatic N) is 2. The number of hydrogen-bond acceptors (Lipinski definition) is 5. The van der Waals surface area contributed by atoms with E-state index in [-0.39, 0.29) is 0 Å². The van der Waals surface area contributed by atoms with Gasteiger partial charge < -0.3 is 16.0 Å². The van der Waals surface area contributed by atoms with Crippen LogP contribution in [0.1, 0.15) is 24.1 Å². The van der Waals surface area contributed by atoms with Crippen molar-refractivity contribution < 1.29 is 0 Å². The highest BCUT2D eigenvalue weighted by Gasteiger charge is 2.21. The van der Waals surface area contributed by atoms with Gasteiger partial charge >= 0.3 is 0 Å². The third-order valence-corrected chi connectivity index (χ3v) is 4.61. The lowest BCUT2D eigenvalue weighted by Crippen LogP contribution is -2.39. The summed E-state index contributed by atoms with van der Waals surface area (Å²) < 4.78 is 0. The lowest BCUT2D eigenvalue weighted by atomic mass is 10.0. The van der Waals surface area contributed by atoms with E-state index >= 15 is 0 Å². The monoisotopic (exact) mass is 309 g/mol. The van der Waals surface area contributed by atoms with E-state index in [1.807, 2.05) is 18.2 Å². The number of anilines is 1. The van der Waals surface area contributed by atoms with Crippen LogP contribution in [0.4, 0.5) is 5.82 Å². The molecule has 0 amide bonds. The molecule has 5 nitrogen and oxygen atoms in total. The number of hydrogen-bond donors (Lipinski definition) is 3. The molecule has 5 heteroatoms. The second-order valence-electron chi connectivity index (χ2n) is 6.30. The molecule has 0 unspecified atom stereocenters. The van der Waals surface area contributed by atoms with E-state index in [1.165, 1.54) is 18.4 Å². The van der Waals surface area contributed by atoms with Crippen molar-refractivity contribution >= 4 is 5.82 Å². The molecular weight excluding hydrogens is 286 g/mol. The summed E-state index contributed by atoms with van der Waals surface area (Å²) >= 11 is 0. The molecule has 0 spiro atoms. The Hall–Kier alpha value is -1.98. The first-order valence-corrected chi connectivity index (χ1v) is 8.53. The smallest absolute Gasteiger partial charge is 0.161 e. The highest BCUT2D eigenvalue weighted by atomic mass is 15.1. The summed E-state index contributed by atoms with van der Waals surface area (Å²) in [5.74, 6) is 1.85. The molecule has 0 bridgehead atoms. The van der Waals surface area contributed by atoms with Gasteiger partial charge in [-0.2, -0.15) is 0 Å². The molecule has 23 heavy (non-hydrogen) atoms. The molecule has 1 saturated heterocycles. The molecule has 3 heterocycles. The second-order valence-corrected chi connectivity index (χ2v) is 6.30. The largest absolute Gasteiger partial charge is 0.366 e. The van der Waals surface area contributed by atoms with Gasteiger partial charge in [0.05, 0.1) is 5.69 Å². The summed E-state index contributed by atoms with van der Waals surface area (Å²) in [7, 11) is 0. The fraction of sp³-hybridized carbons (Fsp3) is 0.444. The minimum atomic E-state index is 0.459. The zero-order chi connectivity index (χ0) is 15.5. The standard InChI is InChI=1S/C18H23N5/c1-2-5-13(6-3-1)17-22-16-12-20-10-8-15(16)18(23-17)21-14-7-4-9-19-11-14/h1-3,5-6,14,19-20H,4,7-12H2,(H,21,22,23)/t14-/m1/s1. The van der Waals surface area contributed by atoms with Crippen LogP contribution < -0.4 is 16.0 Å². The minimum absolute atomic E-state index is 0.459. The first kappa shape index (κ1) is 14.6. The van der Waals surface area contributed by atoms with E-state index in [9.17, 15) is 0 Å². The van der Waals surface area contributed by atoms with E-state index in [2.05, 4.69) is 28.1 Å². The molecule has 2 aliphatic heterocycles. The lowest BCUT2D eigenvalue weighted by molar-refractivity contribution is 0.478. The molecule has 1 aromatic carbocycles. The van der Waals surface area contributed by atoms with Crippen LogP contribution in [0, 0.1) is 0 Å². The van der Waals surface area contributed by atoms with Crippen LogP contribution in [0.3, 0.4) is 0 Å². The van der Waals surface area contributed by atoms with Crippen LogP contribution in [-0.2, 0) is 13.0 Å². The van der Waals surface area contributed by atoms with Crippen molar-refractivity contribution in [3.8, 4) is 11.4 Å². The van der Waals surface area contributed by atoms with Gasteiger partial charge in [0, 0.05) is 30.3 Å². The maximum Gasteiger partial charge on any atom is 0.161 e. The molecule has 1 aromatic heterocycles. The first-order chi connectivity index (χ1) is 11.4. The van der Waals surface area contributed by atoms with E-state index in [0.29, 0.717) is 6.04 Å². The topological polar surface area (TPSA) is 61.9 Å². The third-order valence-electron chi connectivity index (χ3n) is 4.61. The number of aromatic nitrogens is 2. The van der Waals surface area contributed by atoms with Crippen molar-refractivity contribution in [1.29, 1.82) is 0 Å². The summed E-state index contributed by atoms with van der Waals surface area (Å²) in [5, 5.41) is 10.6. The van der Waals surface area contributed by atoms with Gasteiger partial charge in [0.2, 0.25) is 0 Å². The molecule has 2 aliphatic rings. The number of benzene rings is 1. The predicted molar refractivity (Wildman–Crippen MR) is 92.4 cm³/mol. The van der Waals surface area contributed by atoms with Crippen LogP contribution in [-0.4, -0.2) is 35.6 Å². The summed E-state index contributed by atoms with van der Waals surface area (Å²) in [6.07, 6.45) is 3.41. The van der Waals surface area contributed by atoms with Gasteiger partial charge in [0.15, 0.2) is 5.82 Å². The number of nitrogens with one attached hydrogen (secondary N) is 3. The summed E-state index contributed by atoms with van der Waals surface area (Å²) in [6, 6.07) is 10.7. The Balaban J connectivity index is 1.70. The van der Waals surface area contributed by atoms with Crippen molar-refractivity contribution in [2.75, 3.05) is 25.0 Å². The molecule has 3 N–H and O–H groups in total. The van der Waals surface area contributed by atoms with Crippen LogP contribution in [0.5, 0.6) is 0 Å². The second kappa shape index (κ2) is 6.64. The van der Waals surface area contributed by atoms with E-state index in [1.54, 1.807) is 0 Å². The Kier molecular flexibility index (Phi) is 4.22. The average Bonchev–Trinajstić information content (AvgIpc) is 2.63. The number of piperidine rings is 1. The molecule has 2 aromatic rings. The molecule has 0 aliphatic carbocycles. The zero-order valence-corrected chi connectivity index (χ0v) is 13.3. The van der Waals surface area contributed by atoms with Gasteiger partial charge in [-0.25, -0.2) is 9.97 Å². The van der Waals surface area contributed by atoms with E-state index < -0.39 is 0 Å². The van der Waals surface area contributed by atoms with Crippen molar-refractivity contribution in [1.82, 2.24) is 20.6 Å². The fourth-order valence-electron chi connectivity index (χ4n) is 3.36. The Morgan fingerprint density at radius 1 is 1.04 bits per heavy atom. The molecule has 0 radical (unpaired) electrons. The number of rotatable bonds is 3. The summed E-state index contributed by atoms with van der Waals surface area (Å²) in [6.45, 7) is 3.96. The van der Waals surface area contributed by atoms with Gasteiger partial charge in [0.1, 0.15) is 5.82 Å². The molecule has 1 fully saturated rings. The van der Waals surface area contributed by atoms with Gasteiger partial charge in [-0.3, -0.25) is 0 Å². The van der Waals surface area contributed by atoms with Crippen molar-refractivity contribution in [2.24, 2.45) is 0 Å². The van der Waals surface area contributed by atoms with Crippen LogP contribution >= 0.6 is 0 Å². The molecular formula is C18H23N5. The zero-order valence-electron chi connectivity index (χ0n) is 13.3. The Labute approximate surface area is 136 Å². The van der Waals surface area contributed by atoms with Crippen molar-refractivity contribution in [2.45, 2.75) is 31.8 Å². The lowest BCUT2D eigenvalue weighted by Gasteiger charge is -2.27. The van der Waals surface area contributed by atoms with Crippen molar-refractivity contribution in [3.63, 3.8) is 0 Å². The average molecular weight is 309 g/mol. The molecule has 0 saturated carbocycles. The van der Waals surface area contributed by atoms with E-state index in [0.717, 1.165) is 55.5 Å². The van der Waals surface area contributed by atoms with Gasteiger partial charge in [-0.1, -0.05) is 30.3 Å². The maximum absolute atomic E-state index is 4.87. The normalized spacial score (nSPS) is 20.8. The predicted octanol–water partition coefficient (Wildman–Crippen LogP) is 1.95. The van der Waals surface area contributed by atoms with Crippen molar-refractivity contribution in [3.05, 3.63) is 41.6 Å². The first-order valence-electron chi connectivity index (χ1n) is 8.53. The molecule has 120 valence electrons. The van der Waals surface area contributed by atoms with Gasteiger partial charge in [-0.15, -0.1) is 0 Å². The maximum atomic E-state index is 4.87. The van der Waals surface area contributed by atoms with Crippen LogP contribution in [0.2, 0.25) is 0 Å². The number of fused-ring (bicyclic) bond motifs is 1. The molecule has 1 atom stereocenters. The van der Waals surface area contributed by atoms with Gasteiger partial charge in [-0.05, 0) is 32.4 Å². The quantitative estimate of drug-likeness (QED) is 0.809. The summed E-state index contributed by atoms with van der Waals surface area (Å²) in [4.78, 5) is 9.68. The fourth-order valence-corrected chi connectivity index (χ4v) is 3.36. The molecule has 4 rings (SSSR count). The van der Waals surface area contributed by atoms with Crippen LogP contribution in [0.15, 0.2) is 30.3 Å². The third kappa shape index (κ3) is 3.21.